The molecule has 0 aliphatic heterocycles. The predicted molar refractivity (Wildman–Crippen MR) is 77.4 cm³/mol. The number of nitrogens with zero attached hydrogens (tertiary/aromatic N) is 1. The molecule has 3 nitrogen and oxygen atoms in total. The standard InChI is InChI=1S/C14H14BrFN2O/c1-9(2)19-12-5-3-11(4-6-12)18-14-13(16)7-10(15)8-17-14/h3-9H,1-2H3,(H,17,18). The molecule has 0 fully saturated rings. The highest BCUT2D eigenvalue weighted by Gasteiger charge is 2.05. The van der Waals surface area contributed by atoms with Gasteiger partial charge in [0.1, 0.15) is 5.75 Å². The molecule has 0 radical (unpaired) electrons. The van der Waals surface area contributed by atoms with Crippen LogP contribution in [0.5, 0.6) is 5.75 Å². The topological polar surface area (TPSA) is 34.1 Å². The zero-order chi connectivity index (χ0) is 13.8. The quantitative estimate of drug-likeness (QED) is 0.898. The van der Waals surface area contributed by atoms with E-state index in [4.69, 9.17) is 4.74 Å². The highest BCUT2D eigenvalue weighted by Crippen LogP contribution is 2.22. The van der Waals surface area contributed by atoms with Gasteiger partial charge in [0, 0.05) is 16.4 Å². The average Bonchev–Trinajstić information content (AvgIpc) is 2.34. The number of hydrogen-bond acceptors (Lipinski definition) is 3. The first-order valence-corrected chi connectivity index (χ1v) is 6.68. The summed E-state index contributed by atoms with van der Waals surface area (Å²) in [6.07, 6.45) is 1.67. The molecule has 0 bridgehead atoms. The number of ether oxygens (including phenoxy) is 1. The van der Waals surface area contributed by atoms with Gasteiger partial charge in [-0.05, 0) is 60.1 Å². The summed E-state index contributed by atoms with van der Waals surface area (Å²) in [6.45, 7) is 3.93. The van der Waals surface area contributed by atoms with Crippen molar-refractivity contribution in [2.75, 3.05) is 5.32 Å². The average molecular weight is 325 g/mol. The van der Waals surface area contributed by atoms with E-state index >= 15 is 0 Å². The fraction of sp³-hybridized carbons (Fsp3) is 0.214. The molecular weight excluding hydrogens is 311 g/mol. The van der Waals surface area contributed by atoms with Crippen LogP contribution in [0.1, 0.15) is 13.8 Å². The van der Waals surface area contributed by atoms with E-state index in [-0.39, 0.29) is 11.9 Å². The Bertz CT molecular complexity index is 558. The van der Waals surface area contributed by atoms with Crippen LogP contribution in [-0.2, 0) is 0 Å². The van der Waals surface area contributed by atoms with Crippen LogP contribution in [0.2, 0.25) is 0 Å². The molecule has 0 amide bonds. The maximum atomic E-state index is 13.6. The molecule has 2 aromatic rings. The van der Waals surface area contributed by atoms with E-state index in [9.17, 15) is 4.39 Å². The molecule has 1 aromatic carbocycles. The van der Waals surface area contributed by atoms with Crippen molar-refractivity contribution in [2.24, 2.45) is 0 Å². The van der Waals surface area contributed by atoms with Crippen LogP contribution >= 0.6 is 15.9 Å². The fourth-order valence-electron chi connectivity index (χ4n) is 1.53. The van der Waals surface area contributed by atoms with Crippen LogP contribution in [0.25, 0.3) is 0 Å². The SMILES string of the molecule is CC(C)Oc1ccc(Nc2ncc(Br)cc2F)cc1. The first-order valence-electron chi connectivity index (χ1n) is 5.89. The summed E-state index contributed by atoms with van der Waals surface area (Å²) >= 11 is 3.17. The molecule has 1 heterocycles. The monoisotopic (exact) mass is 324 g/mol. The molecule has 0 atom stereocenters. The first-order chi connectivity index (χ1) is 9.04. The van der Waals surface area contributed by atoms with Crippen molar-refractivity contribution >= 4 is 27.4 Å². The highest BCUT2D eigenvalue weighted by atomic mass is 79.9. The summed E-state index contributed by atoms with van der Waals surface area (Å²) in [6, 6.07) is 8.67. The number of pyridine rings is 1. The Hall–Kier alpha value is -1.62. The Morgan fingerprint density at radius 1 is 1.26 bits per heavy atom. The molecule has 0 aliphatic rings. The van der Waals surface area contributed by atoms with E-state index in [1.54, 1.807) is 6.20 Å². The van der Waals surface area contributed by atoms with Crippen molar-refractivity contribution in [3.63, 3.8) is 0 Å². The van der Waals surface area contributed by atoms with Gasteiger partial charge in [0.15, 0.2) is 11.6 Å². The van der Waals surface area contributed by atoms with Gasteiger partial charge in [-0.2, -0.15) is 0 Å². The summed E-state index contributed by atoms with van der Waals surface area (Å²) in [5.41, 5.74) is 0.754. The molecule has 0 saturated heterocycles. The number of nitrogens with one attached hydrogen (secondary N) is 1. The van der Waals surface area contributed by atoms with Crippen molar-refractivity contribution < 1.29 is 9.13 Å². The Morgan fingerprint density at radius 2 is 1.95 bits per heavy atom. The Kier molecular flexibility index (Phi) is 4.37. The van der Waals surface area contributed by atoms with E-state index in [0.29, 0.717) is 4.47 Å². The maximum absolute atomic E-state index is 13.6. The fourth-order valence-corrected chi connectivity index (χ4v) is 1.84. The second-order valence-electron chi connectivity index (χ2n) is 4.30. The Morgan fingerprint density at radius 3 is 2.53 bits per heavy atom. The summed E-state index contributed by atoms with van der Waals surface area (Å²) in [4.78, 5) is 3.98. The minimum absolute atomic E-state index is 0.129. The smallest absolute Gasteiger partial charge is 0.166 e. The largest absolute Gasteiger partial charge is 0.491 e. The van der Waals surface area contributed by atoms with E-state index in [1.165, 1.54) is 6.07 Å². The van der Waals surface area contributed by atoms with Gasteiger partial charge in [0.05, 0.1) is 6.10 Å². The molecule has 0 unspecified atom stereocenters. The minimum atomic E-state index is -0.406. The van der Waals surface area contributed by atoms with Crippen molar-refractivity contribution in [1.29, 1.82) is 0 Å². The van der Waals surface area contributed by atoms with Crippen molar-refractivity contribution in [2.45, 2.75) is 20.0 Å². The van der Waals surface area contributed by atoms with Crippen molar-refractivity contribution in [3.8, 4) is 5.75 Å². The third-order valence-electron chi connectivity index (χ3n) is 2.30. The molecule has 100 valence electrons. The molecule has 0 spiro atoms. The van der Waals surface area contributed by atoms with Gasteiger partial charge in [-0.15, -0.1) is 0 Å². The minimum Gasteiger partial charge on any atom is -0.491 e. The van der Waals surface area contributed by atoms with E-state index in [2.05, 4.69) is 26.2 Å². The van der Waals surface area contributed by atoms with Crippen LogP contribution in [0, 0.1) is 5.82 Å². The zero-order valence-electron chi connectivity index (χ0n) is 10.7. The molecule has 2 rings (SSSR count). The van der Waals surface area contributed by atoms with Crippen molar-refractivity contribution in [1.82, 2.24) is 4.98 Å². The lowest BCUT2D eigenvalue weighted by atomic mass is 10.3. The number of hydrogen-bond donors (Lipinski definition) is 1. The number of aromatic nitrogens is 1. The summed E-state index contributed by atoms with van der Waals surface area (Å²) in [5, 5.41) is 2.92. The predicted octanol–water partition coefficient (Wildman–Crippen LogP) is 4.51. The number of rotatable bonds is 4. The lowest BCUT2D eigenvalue weighted by molar-refractivity contribution is 0.242. The van der Waals surface area contributed by atoms with Crippen LogP contribution in [0.4, 0.5) is 15.9 Å². The summed E-state index contributed by atoms with van der Waals surface area (Å²) < 4.78 is 19.8. The molecule has 19 heavy (non-hydrogen) atoms. The second kappa shape index (κ2) is 6.02. The molecule has 1 aromatic heterocycles. The van der Waals surface area contributed by atoms with E-state index in [0.717, 1.165) is 11.4 Å². The lowest BCUT2D eigenvalue weighted by Gasteiger charge is -2.11. The summed E-state index contributed by atoms with van der Waals surface area (Å²) in [5.74, 6) is 0.572. The van der Waals surface area contributed by atoms with Crippen LogP contribution < -0.4 is 10.1 Å². The Labute approximate surface area is 119 Å². The second-order valence-corrected chi connectivity index (χ2v) is 5.22. The van der Waals surface area contributed by atoms with Crippen LogP contribution in [0.3, 0.4) is 0 Å². The zero-order valence-corrected chi connectivity index (χ0v) is 12.2. The van der Waals surface area contributed by atoms with Gasteiger partial charge < -0.3 is 10.1 Å². The van der Waals surface area contributed by atoms with Crippen LogP contribution in [0.15, 0.2) is 41.0 Å². The van der Waals surface area contributed by atoms with Gasteiger partial charge in [-0.1, -0.05) is 0 Å². The van der Waals surface area contributed by atoms with E-state index < -0.39 is 5.82 Å². The van der Waals surface area contributed by atoms with Gasteiger partial charge in [-0.25, -0.2) is 9.37 Å². The highest BCUT2D eigenvalue weighted by molar-refractivity contribution is 9.10. The molecule has 0 aliphatic carbocycles. The third kappa shape index (κ3) is 3.92. The normalized spacial score (nSPS) is 10.6. The first kappa shape index (κ1) is 13.8. The number of anilines is 2. The molecule has 0 saturated carbocycles. The number of benzene rings is 1. The number of halogens is 2. The summed E-state index contributed by atoms with van der Waals surface area (Å²) in [7, 11) is 0. The van der Waals surface area contributed by atoms with E-state index in [1.807, 2.05) is 38.1 Å². The van der Waals surface area contributed by atoms with Crippen LogP contribution in [-0.4, -0.2) is 11.1 Å². The van der Waals surface area contributed by atoms with Crippen molar-refractivity contribution in [3.05, 3.63) is 46.8 Å². The molecule has 1 N–H and O–H groups in total. The van der Waals surface area contributed by atoms with Gasteiger partial charge in [0.2, 0.25) is 0 Å². The van der Waals surface area contributed by atoms with Gasteiger partial charge in [-0.3, -0.25) is 0 Å². The maximum Gasteiger partial charge on any atom is 0.166 e. The molecule has 5 heteroatoms. The molecular formula is C14H14BrFN2O. The van der Waals surface area contributed by atoms with Gasteiger partial charge >= 0.3 is 0 Å². The Balaban J connectivity index is 2.10. The lowest BCUT2D eigenvalue weighted by Crippen LogP contribution is -2.05. The third-order valence-corrected chi connectivity index (χ3v) is 2.73. The van der Waals surface area contributed by atoms with Gasteiger partial charge in [0.25, 0.3) is 0 Å².